The molecule has 0 saturated heterocycles. The van der Waals surface area contributed by atoms with Crippen molar-refractivity contribution in [3.05, 3.63) is 44.0 Å². The number of fused-ring (bicyclic) bond motifs is 3. The molecule has 0 radical (unpaired) electrons. The Hall–Kier alpha value is -0.740. The highest BCUT2D eigenvalue weighted by molar-refractivity contribution is 14.1. The van der Waals surface area contributed by atoms with Crippen LogP contribution in [0.3, 0.4) is 0 Å². The minimum absolute atomic E-state index is 0.00343. The maximum absolute atomic E-state index is 13.3. The molecule has 23 heavy (non-hydrogen) atoms. The monoisotopic (exact) mass is 480 g/mol. The Morgan fingerprint density at radius 2 is 1.57 bits per heavy atom. The molecule has 0 spiro atoms. The average molecular weight is 481 g/mol. The van der Waals surface area contributed by atoms with Crippen LogP contribution in [0.15, 0.2) is 24.3 Å². The molecule has 0 bridgehead atoms. The maximum Gasteiger partial charge on any atom is 0.418 e. The van der Waals surface area contributed by atoms with E-state index in [4.69, 9.17) is 11.6 Å². The molecule has 1 heterocycles. The van der Waals surface area contributed by atoms with Crippen LogP contribution >= 0.6 is 45.5 Å². The van der Waals surface area contributed by atoms with E-state index in [0.29, 0.717) is 0 Å². The second kappa shape index (κ2) is 5.38. The molecule has 1 aromatic heterocycles. The number of benzene rings is 2. The quantitative estimate of drug-likeness (QED) is 0.233. The molecule has 0 fully saturated rings. The summed E-state index contributed by atoms with van der Waals surface area (Å²) in [6, 6.07) is 4.53. The lowest BCUT2D eigenvalue weighted by molar-refractivity contribution is -0.138. The Morgan fingerprint density at radius 1 is 0.913 bits per heavy atom. The van der Waals surface area contributed by atoms with Crippen molar-refractivity contribution in [3.63, 3.8) is 0 Å². The first-order chi connectivity index (χ1) is 10.5. The number of rotatable bonds is 0. The summed E-state index contributed by atoms with van der Waals surface area (Å²) < 4.78 is 78.8. The second-order valence-electron chi connectivity index (χ2n) is 4.72. The lowest BCUT2D eigenvalue weighted by Crippen LogP contribution is -2.07. The number of alkyl halides is 6. The van der Waals surface area contributed by atoms with Gasteiger partial charge in [-0.25, -0.2) is 0 Å². The minimum Gasteiger partial charge on any atom is -0.166 e. The van der Waals surface area contributed by atoms with Crippen LogP contribution in [0.5, 0.6) is 0 Å². The van der Waals surface area contributed by atoms with Gasteiger partial charge < -0.3 is 0 Å². The SMILES string of the molecule is FC(F)(F)c1cc2c(cc1Cl)sc1c(C(F)(F)F)c(I)ccc12. The van der Waals surface area contributed by atoms with E-state index in [0.717, 1.165) is 23.5 Å². The number of halogens is 8. The molecule has 3 aromatic rings. The third-order valence-electron chi connectivity index (χ3n) is 3.27. The Labute approximate surface area is 148 Å². The standard InChI is InChI=1S/C14H4ClF6IS/c15-8-4-10-6(3-7(8)13(16,17)18)5-1-2-9(22)11(12(5)23-10)14(19,20)21/h1-4H. The number of thiophene rings is 1. The van der Waals surface area contributed by atoms with Gasteiger partial charge in [0, 0.05) is 23.7 Å². The van der Waals surface area contributed by atoms with E-state index in [1.54, 1.807) is 22.6 Å². The van der Waals surface area contributed by atoms with Gasteiger partial charge in [-0.1, -0.05) is 17.7 Å². The fraction of sp³-hybridized carbons (Fsp3) is 0.143. The van der Waals surface area contributed by atoms with Gasteiger partial charge in [-0.3, -0.25) is 0 Å². The summed E-state index contributed by atoms with van der Waals surface area (Å²) in [4.78, 5) is 0. The number of hydrogen-bond acceptors (Lipinski definition) is 1. The first-order valence-electron chi connectivity index (χ1n) is 5.99. The molecule has 0 aliphatic carbocycles. The molecule has 2 aromatic carbocycles. The van der Waals surface area contributed by atoms with E-state index in [9.17, 15) is 26.3 Å². The molecule has 0 aliphatic heterocycles. The highest BCUT2D eigenvalue weighted by atomic mass is 127. The van der Waals surface area contributed by atoms with Gasteiger partial charge in [0.15, 0.2) is 0 Å². The Morgan fingerprint density at radius 3 is 2.13 bits per heavy atom. The highest BCUT2D eigenvalue weighted by Gasteiger charge is 2.37. The van der Waals surface area contributed by atoms with Crippen molar-refractivity contribution in [3.8, 4) is 0 Å². The van der Waals surface area contributed by atoms with Gasteiger partial charge in [-0.2, -0.15) is 26.3 Å². The maximum atomic E-state index is 13.3. The fourth-order valence-corrected chi connectivity index (χ4v) is 4.88. The molecular weight excluding hydrogens is 477 g/mol. The molecule has 0 N–H and O–H groups in total. The Balaban J connectivity index is 2.45. The van der Waals surface area contributed by atoms with Crippen molar-refractivity contribution < 1.29 is 26.3 Å². The molecule has 0 saturated carbocycles. The third-order valence-corrected chi connectivity index (χ3v) is 5.66. The normalized spacial score (nSPS) is 13.2. The molecular formula is C14H4ClF6IS. The summed E-state index contributed by atoms with van der Waals surface area (Å²) in [6.45, 7) is 0. The van der Waals surface area contributed by atoms with Crippen molar-refractivity contribution in [2.75, 3.05) is 0 Å². The second-order valence-corrected chi connectivity index (χ2v) is 7.35. The van der Waals surface area contributed by atoms with E-state index in [1.165, 1.54) is 12.1 Å². The van der Waals surface area contributed by atoms with Crippen LogP contribution in [-0.4, -0.2) is 0 Å². The lowest BCUT2D eigenvalue weighted by Gasteiger charge is -2.10. The van der Waals surface area contributed by atoms with Gasteiger partial charge in [0.25, 0.3) is 0 Å². The molecule has 9 heteroatoms. The van der Waals surface area contributed by atoms with Crippen molar-refractivity contribution >= 4 is 65.7 Å². The van der Waals surface area contributed by atoms with Crippen LogP contribution in [-0.2, 0) is 12.4 Å². The van der Waals surface area contributed by atoms with E-state index in [1.807, 2.05) is 0 Å². The predicted molar refractivity (Wildman–Crippen MR) is 87.1 cm³/mol. The van der Waals surface area contributed by atoms with E-state index in [-0.39, 0.29) is 23.7 Å². The van der Waals surface area contributed by atoms with E-state index >= 15 is 0 Å². The predicted octanol–water partition coefficient (Wildman–Crippen LogP) is 7.35. The summed E-state index contributed by atoms with van der Waals surface area (Å²) in [7, 11) is 0. The van der Waals surface area contributed by atoms with Crippen LogP contribution < -0.4 is 0 Å². The lowest BCUT2D eigenvalue weighted by atomic mass is 10.1. The molecule has 0 atom stereocenters. The first-order valence-corrected chi connectivity index (χ1v) is 8.26. The van der Waals surface area contributed by atoms with Crippen LogP contribution in [0.1, 0.15) is 11.1 Å². The third kappa shape index (κ3) is 2.89. The van der Waals surface area contributed by atoms with Crippen LogP contribution in [0.25, 0.3) is 20.2 Å². The molecule has 0 amide bonds. The molecule has 122 valence electrons. The molecule has 0 aliphatic rings. The first kappa shape index (κ1) is 17.1. The van der Waals surface area contributed by atoms with Crippen LogP contribution in [0.2, 0.25) is 5.02 Å². The summed E-state index contributed by atoms with van der Waals surface area (Å²) >= 11 is 7.99. The highest BCUT2D eigenvalue weighted by Crippen LogP contribution is 2.46. The van der Waals surface area contributed by atoms with E-state index < -0.39 is 28.5 Å². The summed E-state index contributed by atoms with van der Waals surface area (Å²) in [6.07, 6.45) is -9.26. The van der Waals surface area contributed by atoms with Gasteiger partial charge in [-0.05, 0) is 40.8 Å². The average Bonchev–Trinajstić information content (AvgIpc) is 2.71. The minimum atomic E-state index is -4.67. The van der Waals surface area contributed by atoms with Crippen LogP contribution in [0.4, 0.5) is 26.3 Å². The molecule has 0 unspecified atom stereocenters. The number of hydrogen-bond donors (Lipinski definition) is 0. The summed E-state index contributed by atoms with van der Waals surface area (Å²) in [5, 5.41) is -0.275. The summed E-state index contributed by atoms with van der Waals surface area (Å²) in [5.74, 6) is 0. The zero-order valence-electron chi connectivity index (χ0n) is 10.7. The van der Waals surface area contributed by atoms with Gasteiger partial charge in [0.1, 0.15) is 0 Å². The van der Waals surface area contributed by atoms with Crippen molar-refractivity contribution in [1.82, 2.24) is 0 Å². The smallest absolute Gasteiger partial charge is 0.166 e. The largest absolute Gasteiger partial charge is 0.418 e. The fourth-order valence-electron chi connectivity index (χ4n) is 2.32. The van der Waals surface area contributed by atoms with Gasteiger partial charge in [-0.15, -0.1) is 11.3 Å². The van der Waals surface area contributed by atoms with Crippen molar-refractivity contribution in [1.29, 1.82) is 0 Å². The van der Waals surface area contributed by atoms with Crippen molar-refractivity contribution in [2.24, 2.45) is 0 Å². The zero-order chi connectivity index (χ0) is 17.2. The Bertz CT molecular complexity index is 925. The molecule has 3 rings (SSSR count). The van der Waals surface area contributed by atoms with Crippen LogP contribution in [0, 0.1) is 3.57 Å². The zero-order valence-corrected chi connectivity index (χ0v) is 14.5. The van der Waals surface area contributed by atoms with E-state index in [2.05, 4.69) is 0 Å². The molecule has 0 nitrogen and oxygen atoms in total. The summed E-state index contributed by atoms with van der Waals surface area (Å²) in [5.41, 5.74) is -1.89. The Kier molecular flexibility index (Phi) is 4.00. The van der Waals surface area contributed by atoms with Gasteiger partial charge in [0.05, 0.1) is 16.1 Å². The van der Waals surface area contributed by atoms with Gasteiger partial charge in [0.2, 0.25) is 0 Å². The van der Waals surface area contributed by atoms with Gasteiger partial charge >= 0.3 is 12.4 Å². The van der Waals surface area contributed by atoms with Crippen molar-refractivity contribution in [2.45, 2.75) is 12.4 Å². The topological polar surface area (TPSA) is 0 Å².